The summed E-state index contributed by atoms with van der Waals surface area (Å²) in [4.78, 5) is 12.3. The molecule has 1 aliphatic rings. The average molecular weight is 396 g/mol. The summed E-state index contributed by atoms with van der Waals surface area (Å²) in [5.74, 6) is -0.558. The zero-order valence-corrected chi connectivity index (χ0v) is 15.5. The van der Waals surface area contributed by atoms with Gasteiger partial charge in [-0.15, -0.1) is 0 Å². The van der Waals surface area contributed by atoms with Crippen molar-refractivity contribution in [2.45, 2.75) is 11.5 Å². The van der Waals surface area contributed by atoms with Gasteiger partial charge in [0.15, 0.2) is 0 Å². The van der Waals surface area contributed by atoms with E-state index in [0.29, 0.717) is 36.9 Å². The first-order valence-corrected chi connectivity index (χ1v) is 9.89. The predicted molar refractivity (Wildman–Crippen MR) is 96.6 cm³/mol. The molecule has 1 fully saturated rings. The molecule has 0 bridgehead atoms. The Morgan fingerprint density at radius 2 is 1.85 bits per heavy atom. The normalized spacial score (nSPS) is 15.6. The highest BCUT2D eigenvalue weighted by Gasteiger charge is 2.26. The second-order valence-electron chi connectivity index (χ2n) is 5.72. The van der Waals surface area contributed by atoms with E-state index in [1.54, 1.807) is 36.4 Å². The molecular weight excluding hydrogens is 378 g/mol. The Bertz CT molecular complexity index is 894. The molecule has 0 atom stereocenters. The van der Waals surface area contributed by atoms with Gasteiger partial charge in [0.25, 0.3) is 0 Å². The fraction of sp³-hybridized carbons (Fsp3) is 0.278. The van der Waals surface area contributed by atoms with Crippen molar-refractivity contribution in [3.05, 3.63) is 64.7 Å². The van der Waals surface area contributed by atoms with E-state index >= 15 is 0 Å². The lowest BCUT2D eigenvalue weighted by Crippen LogP contribution is -2.40. The van der Waals surface area contributed by atoms with Crippen molar-refractivity contribution >= 4 is 27.6 Å². The van der Waals surface area contributed by atoms with Crippen LogP contribution in [-0.4, -0.2) is 45.0 Å². The molecular formula is C18H18ClNO5S. The molecule has 8 heteroatoms. The van der Waals surface area contributed by atoms with Crippen LogP contribution in [0.3, 0.4) is 0 Å². The maximum absolute atomic E-state index is 12.7. The molecule has 26 heavy (non-hydrogen) atoms. The molecule has 6 nitrogen and oxygen atoms in total. The molecule has 0 aromatic heterocycles. The van der Waals surface area contributed by atoms with Crippen molar-refractivity contribution in [3.63, 3.8) is 0 Å². The molecule has 0 amide bonds. The first-order chi connectivity index (χ1) is 12.5. The average Bonchev–Trinajstić information content (AvgIpc) is 2.67. The molecule has 1 aliphatic heterocycles. The maximum Gasteiger partial charge on any atom is 0.339 e. The number of nitrogens with zero attached hydrogens (tertiary/aromatic N) is 1. The Morgan fingerprint density at radius 1 is 1.12 bits per heavy atom. The van der Waals surface area contributed by atoms with E-state index in [9.17, 15) is 13.2 Å². The molecule has 0 spiro atoms. The van der Waals surface area contributed by atoms with Gasteiger partial charge in [-0.3, -0.25) is 0 Å². The summed E-state index contributed by atoms with van der Waals surface area (Å²) in [6, 6.07) is 13.0. The van der Waals surface area contributed by atoms with Crippen LogP contribution in [-0.2, 0) is 26.1 Å². The largest absolute Gasteiger partial charge is 0.457 e. The van der Waals surface area contributed by atoms with Crippen molar-refractivity contribution < 1.29 is 22.7 Å². The molecule has 0 saturated carbocycles. The fourth-order valence-corrected chi connectivity index (χ4v) is 4.28. The summed E-state index contributed by atoms with van der Waals surface area (Å²) >= 11 is 5.98. The lowest BCUT2D eigenvalue weighted by molar-refractivity contribution is 0.0472. The minimum absolute atomic E-state index is 0.0451. The summed E-state index contributed by atoms with van der Waals surface area (Å²) in [6.45, 7) is 1.38. The summed E-state index contributed by atoms with van der Waals surface area (Å²) in [7, 11) is -3.59. The van der Waals surface area contributed by atoms with E-state index in [4.69, 9.17) is 21.1 Å². The van der Waals surface area contributed by atoms with Crippen LogP contribution in [0.4, 0.5) is 0 Å². The number of morpholine rings is 1. The van der Waals surface area contributed by atoms with Gasteiger partial charge < -0.3 is 9.47 Å². The van der Waals surface area contributed by atoms with Crippen molar-refractivity contribution in [2.24, 2.45) is 0 Å². The molecule has 0 radical (unpaired) electrons. The Morgan fingerprint density at radius 3 is 2.58 bits per heavy atom. The maximum atomic E-state index is 12.7. The third-order valence-electron chi connectivity index (χ3n) is 3.97. The molecule has 0 N–H and O–H groups in total. The molecule has 1 heterocycles. The van der Waals surface area contributed by atoms with E-state index in [1.807, 2.05) is 0 Å². The van der Waals surface area contributed by atoms with Crippen molar-refractivity contribution in [1.29, 1.82) is 0 Å². The second kappa shape index (κ2) is 8.18. The minimum Gasteiger partial charge on any atom is -0.457 e. The van der Waals surface area contributed by atoms with E-state index in [-0.39, 0.29) is 17.1 Å². The number of carbonyl (C=O) groups excluding carboxylic acids is 1. The van der Waals surface area contributed by atoms with Gasteiger partial charge in [0.2, 0.25) is 10.0 Å². The van der Waals surface area contributed by atoms with Crippen LogP contribution in [0.1, 0.15) is 15.9 Å². The van der Waals surface area contributed by atoms with Crippen molar-refractivity contribution in [1.82, 2.24) is 4.31 Å². The monoisotopic (exact) mass is 395 g/mol. The number of carbonyl (C=O) groups is 1. The van der Waals surface area contributed by atoms with E-state index < -0.39 is 16.0 Å². The first kappa shape index (κ1) is 18.8. The standard InChI is InChI=1S/C18H18ClNO5S/c19-17-7-2-1-6-16(17)18(21)25-13-14-4-3-5-15(12-14)26(22,23)20-8-10-24-11-9-20/h1-7,12H,8-11,13H2. The number of esters is 1. The lowest BCUT2D eigenvalue weighted by Gasteiger charge is -2.26. The number of hydrogen-bond donors (Lipinski definition) is 0. The molecule has 0 unspecified atom stereocenters. The van der Waals surface area contributed by atoms with Gasteiger partial charge in [-0.25, -0.2) is 13.2 Å². The summed E-state index contributed by atoms with van der Waals surface area (Å²) in [5, 5.41) is 0.307. The van der Waals surface area contributed by atoms with Crippen molar-refractivity contribution in [2.75, 3.05) is 26.3 Å². The smallest absolute Gasteiger partial charge is 0.339 e. The zero-order valence-electron chi connectivity index (χ0n) is 13.9. The van der Waals surface area contributed by atoms with E-state index in [2.05, 4.69) is 0 Å². The Kier molecular flexibility index (Phi) is 5.93. The topological polar surface area (TPSA) is 72.9 Å². The van der Waals surface area contributed by atoms with Crippen LogP contribution < -0.4 is 0 Å². The van der Waals surface area contributed by atoms with Gasteiger partial charge in [-0.2, -0.15) is 4.31 Å². The first-order valence-electron chi connectivity index (χ1n) is 8.07. The van der Waals surface area contributed by atoms with Crippen LogP contribution in [0.2, 0.25) is 5.02 Å². The van der Waals surface area contributed by atoms with Crippen LogP contribution >= 0.6 is 11.6 Å². The van der Waals surface area contributed by atoms with Gasteiger partial charge in [0.05, 0.1) is 28.7 Å². The highest BCUT2D eigenvalue weighted by molar-refractivity contribution is 7.89. The van der Waals surface area contributed by atoms with Crippen LogP contribution in [0.25, 0.3) is 0 Å². The molecule has 0 aliphatic carbocycles. The van der Waals surface area contributed by atoms with Crippen LogP contribution in [0.15, 0.2) is 53.4 Å². The van der Waals surface area contributed by atoms with Gasteiger partial charge >= 0.3 is 5.97 Å². The third-order valence-corrected chi connectivity index (χ3v) is 6.19. The second-order valence-corrected chi connectivity index (χ2v) is 8.06. The van der Waals surface area contributed by atoms with E-state index in [1.165, 1.54) is 16.4 Å². The number of halogens is 1. The summed E-state index contributed by atoms with van der Waals surface area (Å²) in [5.41, 5.74) is 0.853. The zero-order chi connectivity index (χ0) is 18.6. The molecule has 2 aromatic carbocycles. The number of benzene rings is 2. The Hall–Kier alpha value is -1.93. The molecule has 1 saturated heterocycles. The lowest BCUT2D eigenvalue weighted by atomic mass is 10.2. The number of hydrogen-bond acceptors (Lipinski definition) is 5. The van der Waals surface area contributed by atoms with Gasteiger partial charge in [-0.1, -0.05) is 35.9 Å². The highest BCUT2D eigenvalue weighted by atomic mass is 35.5. The summed E-state index contributed by atoms with van der Waals surface area (Å²) in [6.07, 6.45) is 0. The van der Waals surface area contributed by atoms with Gasteiger partial charge in [-0.05, 0) is 29.8 Å². The van der Waals surface area contributed by atoms with Crippen LogP contribution in [0.5, 0.6) is 0 Å². The van der Waals surface area contributed by atoms with Gasteiger partial charge in [0.1, 0.15) is 6.61 Å². The molecule has 3 rings (SSSR count). The Labute approximate surface area is 157 Å². The fourth-order valence-electron chi connectivity index (χ4n) is 2.59. The third kappa shape index (κ3) is 4.24. The number of rotatable bonds is 5. The van der Waals surface area contributed by atoms with Crippen LogP contribution in [0, 0.1) is 0 Å². The molecule has 2 aromatic rings. The minimum atomic E-state index is -3.59. The Balaban J connectivity index is 1.71. The number of ether oxygens (including phenoxy) is 2. The SMILES string of the molecule is O=C(OCc1cccc(S(=O)(=O)N2CCOCC2)c1)c1ccccc1Cl. The summed E-state index contributed by atoms with van der Waals surface area (Å²) < 4.78 is 37.2. The highest BCUT2D eigenvalue weighted by Crippen LogP contribution is 2.20. The molecule has 138 valence electrons. The van der Waals surface area contributed by atoms with E-state index in [0.717, 1.165) is 0 Å². The van der Waals surface area contributed by atoms with Gasteiger partial charge in [0, 0.05) is 13.1 Å². The quantitative estimate of drug-likeness (QED) is 0.728. The van der Waals surface area contributed by atoms with Crippen molar-refractivity contribution in [3.8, 4) is 0 Å². The number of sulfonamides is 1. The predicted octanol–water partition coefficient (Wildman–Crippen LogP) is 2.72.